The lowest BCUT2D eigenvalue weighted by molar-refractivity contribution is -0.123. The molecule has 0 heterocycles. The highest BCUT2D eigenvalue weighted by molar-refractivity contribution is 6.39. The Hall–Kier alpha value is -0.450. The molecule has 13 heavy (non-hydrogen) atoms. The highest BCUT2D eigenvalue weighted by Gasteiger charge is 2.20. The van der Waals surface area contributed by atoms with Crippen LogP contribution in [-0.4, -0.2) is 30.0 Å². The number of nitrogens with two attached hydrogens (primary N) is 2. The summed E-state index contributed by atoms with van der Waals surface area (Å²) in [6.45, 7) is 0.582. The standard InChI is InChI=1S/C8H15ClN2O2/c9-6(5-12)8(13)7(11)3-1-2-4-10/h5-7H,1-4,10-11H2. The molecule has 4 nitrogen and oxygen atoms in total. The summed E-state index contributed by atoms with van der Waals surface area (Å²) in [4.78, 5) is 21.3. The molecule has 0 bridgehead atoms. The maximum atomic E-state index is 11.1. The summed E-state index contributed by atoms with van der Waals surface area (Å²) in [6.07, 6.45) is 2.54. The minimum absolute atomic E-state index is 0.396. The van der Waals surface area contributed by atoms with E-state index in [1.54, 1.807) is 0 Å². The molecule has 0 fully saturated rings. The molecule has 0 radical (unpaired) electrons. The van der Waals surface area contributed by atoms with Crippen molar-refractivity contribution in [2.45, 2.75) is 30.7 Å². The summed E-state index contributed by atoms with van der Waals surface area (Å²) in [5, 5.41) is -1.10. The van der Waals surface area contributed by atoms with Gasteiger partial charge in [-0.2, -0.15) is 0 Å². The van der Waals surface area contributed by atoms with Gasteiger partial charge in [-0.05, 0) is 19.4 Å². The molecule has 0 rings (SSSR count). The SMILES string of the molecule is NCCCCC(N)C(=O)C(Cl)C=O. The molecule has 0 amide bonds. The van der Waals surface area contributed by atoms with Crippen molar-refractivity contribution in [3.8, 4) is 0 Å². The van der Waals surface area contributed by atoms with E-state index >= 15 is 0 Å². The first kappa shape index (κ1) is 12.6. The van der Waals surface area contributed by atoms with Gasteiger partial charge in [0.1, 0.15) is 11.7 Å². The van der Waals surface area contributed by atoms with E-state index in [4.69, 9.17) is 23.1 Å². The fourth-order valence-corrected chi connectivity index (χ4v) is 1.08. The van der Waals surface area contributed by atoms with Crippen LogP contribution >= 0.6 is 11.6 Å². The smallest absolute Gasteiger partial charge is 0.174 e. The number of unbranched alkanes of at least 4 members (excludes halogenated alkanes) is 1. The Kier molecular flexibility index (Phi) is 6.76. The maximum Gasteiger partial charge on any atom is 0.174 e. The lowest BCUT2D eigenvalue weighted by atomic mass is 10.0. The van der Waals surface area contributed by atoms with Crippen molar-refractivity contribution in [1.29, 1.82) is 0 Å². The Labute approximate surface area is 82.6 Å². The van der Waals surface area contributed by atoms with Gasteiger partial charge in [0, 0.05) is 0 Å². The molecule has 0 aliphatic heterocycles. The van der Waals surface area contributed by atoms with Gasteiger partial charge < -0.3 is 16.3 Å². The minimum Gasteiger partial charge on any atom is -0.330 e. The van der Waals surface area contributed by atoms with Gasteiger partial charge in [-0.3, -0.25) is 4.79 Å². The second kappa shape index (κ2) is 7.00. The lowest BCUT2D eigenvalue weighted by Gasteiger charge is -2.10. The summed E-state index contributed by atoms with van der Waals surface area (Å²) in [6, 6.07) is -0.640. The molecule has 0 saturated carbocycles. The average molecular weight is 207 g/mol. The molecule has 0 spiro atoms. The second-order valence-corrected chi connectivity index (χ2v) is 3.30. The van der Waals surface area contributed by atoms with Gasteiger partial charge in [0.25, 0.3) is 0 Å². The number of aldehydes is 1. The van der Waals surface area contributed by atoms with Crippen LogP contribution in [0.25, 0.3) is 0 Å². The number of Topliss-reactive ketones (excluding diaryl/α,β-unsaturated/α-hetero) is 1. The molecule has 0 aromatic heterocycles. The fraction of sp³-hybridized carbons (Fsp3) is 0.750. The van der Waals surface area contributed by atoms with E-state index in [9.17, 15) is 9.59 Å². The van der Waals surface area contributed by atoms with Crippen molar-refractivity contribution in [2.24, 2.45) is 11.5 Å². The maximum absolute atomic E-state index is 11.1. The van der Waals surface area contributed by atoms with Crippen molar-refractivity contribution < 1.29 is 9.59 Å². The number of carbonyl (C=O) groups is 2. The van der Waals surface area contributed by atoms with Crippen LogP contribution in [-0.2, 0) is 9.59 Å². The fourth-order valence-electron chi connectivity index (χ4n) is 0.922. The number of alkyl halides is 1. The third kappa shape index (κ3) is 4.98. The molecule has 2 atom stereocenters. The first-order valence-corrected chi connectivity index (χ1v) is 4.65. The van der Waals surface area contributed by atoms with Crippen LogP contribution < -0.4 is 11.5 Å². The summed E-state index contributed by atoms with van der Waals surface area (Å²) in [7, 11) is 0. The molecule has 0 aromatic carbocycles. The number of hydrogen-bond acceptors (Lipinski definition) is 4. The van der Waals surface area contributed by atoms with Crippen molar-refractivity contribution in [3.05, 3.63) is 0 Å². The largest absolute Gasteiger partial charge is 0.330 e. The molecule has 0 aromatic rings. The van der Waals surface area contributed by atoms with Crippen LogP contribution in [0.3, 0.4) is 0 Å². The topological polar surface area (TPSA) is 86.2 Å². The average Bonchev–Trinajstić information content (AvgIpc) is 2.15. The first-order valence-electron chi connectivity index (χ1n) is 4.22. The van der Waals surface area contributed by atoms with Gasteiger partial charge in [-0.25, -0.2) is 0 Å². The first-order chi connectivity index (χ1) is 6.13. The molecule has 0 aliphatic carbocycles. The van der Waals surface area contributed by atoms with E-state index in [2.05, 4.69) is 0 Å². The van der Waals surface area contributed by atoms with Gasteiger partial charge in [0.15, 0.2) is 5.78 Å². The van der Waals surface area contributed by atoms with Crippen molar-refractivity contribution in [3.63, 3.8) is 0 Å². The van der Waals surface area contributed by atoms with E-state index in [0.717, 1.165) is 12.8 Å². The van der Waals surface area contributed by atoms with Crippen molar-refractivity contribution in [1.82, 2.24) is 0 Å². The third-order valence-corrected chi connectivity index (χ3v) is 2.04. The molecule has 76 valence electrons. The Bertz CT molecular complexity index is 176. The third-order valence-electron chi connectivity index (χ3n) is 1.73. The highest BCUT2D eigenvalue weighted by Crippen LogP contribution is 2.04. The predicted octanol–water partition coefficient (Wildman–Crippen LogP) is -0.182. The zero-order chi connectivity index (χ0) is 10.3. The Morgan fingerprint density at radius 2 is 2.08 bits per heavy atom. The van der Waals surface area contributed by atoms with Crippen LogP contribution in [0.2, 0.25) is 0 Å². The summed E-state index contributed by atoms with van der Waals surface area (Å²) < 4.78 is 0. The van der Waals surface area contributed by atoms with Crippen LogP contribution in [0.15, 0.2) is 0 Å². The number of hydrogen-bond donors (Lipinski definition) is 2. The molecule has 0 aliphatic rings. The Morgan fingerprint density at radius 1 is 1.46 bits per heavy atom. The van der Waals surface area contributed by atoms with E-state index in [1.165, 1.54) is 0 Å². The highest BCUT2D eigenvalue weighted by atomic mass is 35.5. The van der Waals surface area contributed by atoms with Crippen LogP contribution in [0.1, 0.15) is 19.3 Å². The van der Waals surface area contributed by atoms with Gasteiger partial charge in [-0.1, -0.05) is 6.42 Å². The number of halogens is 1. The van der Waals surface area contributed by atoms with E-state index in [-0.39, 0.29) is 0 Å². The Morgan fingerprint density at radius 3 is 2.54 bits per heavy atom. The van der Waals surface area contributed by atoms with Crippen molar-refractivity contribution >= 4 is 23.7 Å². The Balaban J connectivity index is 3.75. The molecular weight excluding hydrogens is 192 g/mol. The summed E-state index contributed by atoms with van der Waals surface area (Å²) in [5.41, 5.74) is 10.8. The van der Waals surface area contributed by atoms with E-state index in [1.807, 2.05) is 0 Å². The quantitative estimate of drug-likeness (QED) is 0.262. The predicted molar refractivity (Wildman–Crippen MR) is 51.6 cm³/mol. The van der Waals surface area contributed by atoms with E-state index in [0.29, 0.717) is 19.3 Å². The minimum atomic E-state index is -1.10. The van der Waals surface area contributed by atoms with Crippen molar-refractivity contribution in [2.75, 3.05) is 6.54 Å². The summed E-state index contributed by atoms with van der Waals surface area (Å²) in [5.74, 6) is -0.409. The molecule has 5 heteroatoms. The van der Waals surface area contributed by atoms with Gasteiger partial charge >= 0.3 is 0 Å². The van der Waals surface area contributed by atoms with E-state index < -0.39 is 17.2 Å². The monoisotopic (exact) mass is 206 g/mol. The van der Waals surface area contributed by atoms with Gasteiger partial charge in [0.05, 0.1) is 6.04 Å². The zero-order valence-electron chi connectivity index (χ0n) is 7.41. The van der Waals surface area contributed by atoms with Gasteiger partial charge in [-0.15, -0.1) is 11.6 Å². The summed E-state index contributed by atoms with van der Waals surface area (Å²) >= 11 is 5.40. The molecule has 4 N–H and O–H groups in total. The number of rotatable bonds is 7. The molecular formula is C8H15ClN2O2. The molecule has 0 saturated heterocycles. The normalized spacial score (nSPS) is 15.0. The molecule has 2 unspecified atom stereocenters. The number of carbonyl (C=O) groups excluding carboxylic acids is 2. The zero-order valence-corrected chi connectivity index (χ0v) is 8.17. The van der Waals surface area contributed by atoms with Crippen LogP contribution in [0.4, 0.5) is 0 Å². The second-order valence-electron chi connectivity index (χ2n) is 2.83. The lowest BCUT2D eigenvalue weighted by Crippen LogP contribution is -2.36. The van der Waals surface area contributed by atoms with Crippen LogP contribution in [0, 0.1) is 0 Å². The van der Waals surface area contributed by atoms with Crippen LogP contribution in [0.5, 0.6) is 0 Å². The number of ketones is 1. The van der Waals surface area contributed by atoms with Gasteiger partial charge in [0.2, 0.25) is 0 Å².